The molecule has 1 amide bonds. The van der Waals surface area contributed by atoms with Crippen molar-refractivity contribution in [2.45, 2.75) is 17.5 Å². The minimum Gasteiger partial charge on any atom is -0.497 e. The van der Waals surface area contributed by atoms with Crippen LogP contribution in [0.4, 0.5) is 15.8 Å². The van der Waals surface area contributed by atoms with E-state index >= 15 is 4.39 Å². The Balaban J connectivity index is 1.53. The summed E-state index contributed by atoms with van der Waals surface area (Å²) in [7, 11) is 1.54. The number of rotatable bonds is 5. The Morgan fingerprint density at radius 3 is 2.37 bits per heavy atom. The van der Waals surface area contributed by atoms with Crippen LogP contribution in [0.3, 0.4) is 0 Å². The van der Waals surface area contributed by atoms with Gasteiger partial charge in [0.25, 0.3) is 0 Å². The summed E-state index contributed by atoms with van der Waals surface area (Å²) in [5.74, 6) is -2.68. The standard InChI is InChI=1S/C34H25FN2O4/c1-41-22-17-14-21(15-18-22)31(38)30-29(32(39)23-9-3-5-11-25(23)35)34(24-10-4-6-12-26(24)36-33(34)40)28-19-16-20-8-2-7-13-27(20)37(28)30/h2-19,28-30H,1H3,(H,36,40)/t28-,29-,30+,34+/m1/s1. The molecule has 0 radical (unpaired) electrons. The van der Waals surface area contributed by atoms with Crippen LogP contribution in [-0.4, -0.2) is 36.7 Å². The zero-order chi connectivity index (χ0) is 28.3. The van der Waals surface area contributed by atoms with E-state index < -0.39 is 40.9 Å². The number of nitrogens with one attached hydrogen (secondary N) is 1. The minimum atomic E-state index is -1.49. The van der Waals surface area contributed by atoms with Crippen LogP contribution < -0.4 is 15.0 Å². The predicted molar refractivity (Wildman–Crippen MR) is 154 cm³/mol. The Morgan fingerprint density at radius 2 is 1.59 bits per heavy atom. The maximum atomic E-state index is 15.3. The van der Waals surface area contributed by atoms with Crippen LogP contribution in [-0.2, 0) is 10.2 Å². The third kappa shape index (κ3) is 3.45. The molecule has 1 spiro atoms. The number of ether oxygens (including phenoxy) is 1. The van der Waals surface area contributed by atoms with Crippen molar-refractivity contribution in [3.05, 3.63) is 131 Å². The van der Waals surface area contributed by atoms with Crippen molar-refractivity contribution < 1.29 is 23.5 Å². The lowest BCUT2D eigenvalue weighted by Crippen LogP contribution is -2.51. The van der Waals surface area contributed by atoms with E-state index in [1.807, 2.05) is 59.5 Å². The van der Waals surface area contributed by atoms with E-state index in [0.29, 0.717) is 22.6 Å². The van der Waals surface area contributed by atoms with E-state index in [9.17, 15) is 14.4 Å². The molecule has 0 saturated carbocycles. The molecule has 6 nitrogen and oxygen atoms in total. The van der Waals surface area contributed by atoms with Crippen LogP contribution in [0.5, 0.6) is 5.75 Å². The summed E-state index contributed by atoms with van der Waals surface area (Å²) in [6.07, 6.45) is 3.82. The van der Waals surface area contributed by atoms with Crippen LogP contribution in [0.15, 0.2) is 103 Å². The second kappa shape index (κ2) is 9.27. The lowest BCUT2D eigenvalue weighted by atomic mass is 9.64. The molecule has 0 aromatic heterocycles. The van der Waals surface area contributed by atoms with E-state index in [1.165, 1.54) is 18.2 Å². The fourth-order valence-corrected chi connectivity index (χ4v) is 6.87. The van der Waals surface area contributed by atoms with Crippen LogP contribution in [0.2, 0.25) is 0 Å². The molecule has 7 heteroatoms. The quantitative estimate of drug-likeness (QED) is 0.327. The molecule has 41 heavy (non-hydrogen) atoms. The molecule has 4 aromatic rings. The van der Waals surface area contributed by atoms with Gasteiger partial charge in [-0.05, 0) is 59.7 Å². The number of benzene rings is 4. The molecule has 0 unspecified atom stereocenters. The van der Waals surface area contributed by atoms with Gasteiger partial charge in [0, 0.05) is 16.9 Å². The Kier molecular flexibility index (Phi) is 5.64. The highest BCUT2D eigenvalue weighted by molar-refractivity contribution is 6.18. The number of ketones is 2. The first-order chi connectivity index (χ1) is 20.0. The number of hydrogen-bond donors (Lipinski definition) is 1. The van der Waals surface area contributed by atoms with Gasteiger partial charge in [0.1, 0.15) is 23.0 Å². The van der Waals surface area contributed by atoms with Crippen LogP contribution >= 0.6 is 0 Å². The van der Waals surface area contributed by atoms with Gasteiger partial charge >= 0.3 is 0 Å². The zero-order valence-corrected chi connectivity index (χ0v) is 22.1. The number of carbonyl (C=O) groups is 3. The van der Waals surface area contributed by atoms with Crippen molar-refractivity contribution >= 4 is 34.9 Å². The van der Waals surface area contributed by atoms with E-state index in [0.717, 1.165) is 11.3 Å². The number of halogens is 1. The molecule has 1 N–H and O–H groups in total. The van der Waals surface area contributed by atoms with E-state index in [4.69, 9.17) is 4.74 Å². The average Bonchev–Trinajstić information content (AvgIpc) is 3.49. The van der Waals surface area contributed by atoms with E-state index in [-0.39, 0.29) is 11.3 Å². The number of anilines is 2. The minimum absolute atomic E-state index is 0.154. The first kappa shape index (κ1) is 25.0. The van der Waals surface area contributed by atoms with Crippen LogP contribution in [0.1, 0.15) is 31.8 Å². The molecule has 1 fully saturated rings. The third-order valence-electron chi connectivity index (χ3n) is 8.61. The number of hydrogen-bond acceptors (Lipinski definition) is 5. The molecule has 3 aliphatic rings. The molecular formula is C34H25FN2O4. The summed E-state index contributed by atoms with van der Waals surface area (Å²) in [6.45, 7) is 0. The molecular weight excluding hydrogens is 519 g/mol. The first-order valence-corrected chi connectivity index (χ1v) is 13.4. The highest BCUT2D eigenvalue weighted by Gasteiger charge is 2.70. The summed E-state index contributed by atoms with van der Waals surface area (Å²) in [5, 5.41) is 2.98. The largest absolute Gasteiger partial charge is 0.497 e. The molecule has 4 atom stereocenters. The maximum absolute atomic E-state index is 15.3. The van der Waals surface area contributed by atoms with Gasteiger partial charge in [-0.15, -0.1) is 0 Å². The molecule has 3 aliphatic heterocycles. The van der Waals surface area contributed by atoms with Crippen LogP contribution in [0, 0.1) is 11.7 Å². The van der Waals surface area contributed by atoms with Gasteiger partial charge in [0.05, 0.1) is 24.6 Å². The van der Waals surface area contributed by atoms with Gasteiger partial charge in [0.15, 0.2) is 11.6 Å². The molecule has 4 aromatic carbocycles. The van der Waals surface area contributed by atoms with Crippen molar-refractivity contribution in [3.63, 3.8) is 0 Å². The van der Waals surface area contributed by atoms with E-state index in [2.05, 4.69) is 5.32 Å². The number of nitrogens with zero attached hydrogens (tertiary/aromatic N) is 1. The van der Waals surface area contributed by atoms with Crippen LogP contribution in [0.25, 0.3) is 6.08 Å². The van der Waals surface area contributed by atoms with Crippen molar-refractivity contribution in [2.24, 2.45) is 5.92 Å². The monoisotopic (exact) mass is 544 g/mol. The van der Waals surface area contributed by atoms with Gasteiger partial charge in [-0.25, -0.2) is 4.39 Å². The van der Waals surface area contributed by atoms with Gasteiger partial charge in [-0.3, -0.25) is 14.4 Å². The fourth-order valence-electron chi connectivity index (χ4n) is 6.87. The molecule has 3 heterocycles. The number of Topliss-reactive ketones (excluding diaryl/α,β-unsaturated/α-hetero) is 2. The summed E-state index contributed by atoms with van der Waals surface area (Å²) in [5.41, 5.74) is 1.49. The summed E-state index contributed by atoms with van der Waals surface area (Å²) < 4.78 is 20.5. The summed E-state index contributed by atoms with van der Waals surface area (Å²) in [6, 6.07) is 25.4. The first-order valence-electron chi connectivity index (χ1n) is 13.4. The average molecular weight is 545 g/mol. The normalized spacial score (nSPS) is 23.5. The van der Waals surface area contributed by atoms with Gasteiger partial charge < -0.3 is 15.0 Å². The topological polar surface area (TPSA) is 75.7 Å². The van der Waals surface area contributed by atoms with Gasteiger partial charge in [-0.1, -0.05) is 60.7 Å². The lowest BCUT2D eigenvalue weighted by Gasteiger charge is -2.37. The Labute approximate surface area is 236 Å². The summed E-state index contributed by atoms with van der Waals surface area (Å²) >= 11 is 0. The summed E-state index contributed by atoms with van der Waals surface area (Å²) in [4.78, 5) is 45.5. The SMILES string of the molecule is COc1ccc(C(=O)[C@@H]2[C@H](C(=O)c3ccccc3F)[C@@]3(C(=O)Nc4ccccc43)[C@H]3C=Cc4ccccc4N23)cc1. The molecule has 0 bridgehead atoms. The molecule has 0 aliphatic carbocycles. The smallest absolute Gasteiger partial charge is 0.238 e. The molecule has 202 valence electrons. The van der Waals surface area contributed by atoms with Crippen molar-refractivity contribution in [2.75, 3.05) is 17.3 Å². The second-order valence-electron chi connectivity index (χ2n) is 10.5. The second-order valence-corrected chi connectivity index (χ2v) is 10.5. The lowest BCUT2D eigenvalue weighted by molar-refractivity contribution is -0.121. The maximum Gasteiger partial charge on any atom is 0.238 e. The Bertz CT molecular complexity index is 1760. The third-order valence-corrected chi connectivity index (χ3v) is 8.61. The number of para-hydroxylation sites is 2. The van der Waals surface area contributed by atoms with Gasteiger partial charge in [-0.2, -0.15) is 0 Å². The van der Waals surface area contributed by atoms with Crippen molar-refractivity contribution in [3.8, 4) is 5.75 Å². The Morgan fingerprint density at radius 1 is 0.878 bits per heavy atom. The highest BCUT2D eigenvalue weighted by Crippen LogP contribution is 2.58. The number of fused-ring (bicyclic) bond motifs is 6. The fraction of sp³-hybridized carbons (Fsp3) is 0.147. The molecule has 7 rings (SSSR count). The van der Waals surface area contributed by atoms with E-state index in [1.54, 1.807) is 43.5 Å². The van der Waals surface area contributed by atoms with Crippen molar-refractivity contribution in [1.82, 2.24) is 0 Å². The number of methoxy groups -OCH3 is 1. The number of carbonyl (C=O) groups excluding carboxylic acids is 3. The Hall–Kier alpha value is -5.04. The zero-order valence-electron chi connectivity index (χ0n) is 22.1. The predicted octanol–water partition coefficient (Wildman–Crippen LogP) is 5.69. The highest BCUT2D eigenvalue weighted by atomic mass is 19.1. The van der Waals surface area contributed by atoms with Crippen molar-refractivity contribution in [1.29, 1.82) is 0 Å². The van der Waals surface area contributed by atoms with Gasteiger partial charge in [0.2, 0.25) is 5.91 Å². The molecule has 1 saturated heterocycles. The number of amides is 1.